The van der Waals surface area contributed by atoms with Crippen LogP contribution in [-0.4, -0.2) is 11.5 Å². The van der Waals surface area contributed by atoms with Gasteiger partial charge in [-0.25, -0.2) is 4.98 Å². The average molecular weight is 299 g/mol. The van der Waals surface area contributed by atoms with Crippen molar-refractivity contribution in [2.75, 3.05) is 6.54 Å². The van der Waals surface area contributed by atoms with E-state index in [1.807, 2.05) is 12.1 Å². The molecule has 1 atom stereocenters. The summed E-state index contributed by atoms with van der Waals surface area (Å²) in [6, 6.07) is 5.94. The average Bonchev–Trinajstić information content (AvgIpc) is 2.99. The van der Waals surface area contributed by atoms with Gasteiger partial charge in [0.2, 0.25) is 0 Å². The van der Waals surface area contributed by atoms with E-state index in [1.165, 1.54) is 12.8 Å². The summed E-state index contributed by atoms with van der Waals surface area (Å²) in [7, 11) is 0. The molecule has 1 aromatic carbocycles. The van der Waals surface area contributed by atoms with Crippen LogP contribution in [-0.2, 0) is 0 Å². The lowest BCUT2D eigenvalue weighted by atomic mass is 10.2. The van der Waals surface area contributed by atoms with Gasteiger partial charge in [0, 0.05) is 21.0 Å². The van der Waals surface area contributed by atoms with E-state index in [0.717, 1.165) is 22.8 Å². The van der Waals surface area contributed by atoms with Crippen LogP contribution in [0, 0.1) is 0 Å². The Balaban J connectivity index is 1.92. The van der Waals surface area contributed by atoms with Crippen LogP contribution in [0.3, 0.4) is 0 Å². The third-order valence-electron chi connectivity index (χ3n) is 3.05. The van der Waals surface area contributed by atoms with Gasteiger partial charge in [-0.1, -0.05) is 23.2 Å². The van der Waals surface area contributed by atoms with Crippen LogP contribution in [0.5, 0.6) is 0 Å². The Morgan fingerprint density at radius 1 is 1.22 bits per heavy atom. The molecule has 1 fully saturated rings. The molecule has 3 rings (SSSR count). The first-order chi connectivity index (χ1) is 8.72. The Bertz CT molecular complexity index is 542. The van der Waals surface area contributed by atoms with Crippen molar-refractivity contribution in [2.24, 2.45) is 0 Å². The zero-order valence-corrected chi connectivity index (χ0v) is 11.9. The van der Waals surface area contributed by atoms with Crippen LogP contribution >= 0.6 is 34.5 Å². The fourth-order valence-corrected chi connectivity index (χ4v) is 3.58. The number of nitrogens with one attached hydrogen (secondary N) is 1. The van der Waals surface area contributed by atoms with E-state index in [2.05, 4.69) is 15.7 Å². The third kappa shape index (κ3) is 2.54. The fraction of sp³-hybridized carbons (Fsp3) is 0.308. The number of halogens is 2. The van der Waals surface area contributed by atoms with Crippen LogP contribution in [0.15, 0.2) is 23.6 Å². The molecule has 1 N–H and O–H groups in total. The maximum absolute atomic E-state index is 6.01. The Hall–Kier alpha value is -0.610. The van der Waals surface area contributed by atoms with Gasteiger partial charge in [-0.05, 0) is 37.6 Å². The topological polar surface area (TPSA) is 24.9 Å². The molecular weight excluding hydrogens is 287 g/mol. The summed E-state index contributed by atoms with van der Waals surface area (Å²) < 4.78 is 0. The second-order valence-corrected chi connectivity index (χ2v) is 6.12. The third-order valence-corrected chi connectivity index (χ3v) is 4.39. The van der Waals surface area contributed by atoms with E-state index in [9.17, 15) is 0 Å². The lowest BCUT2D eigenvalue weighted by molar-refractivity contribution is 0.632. The predicted molar refractivity (Wildman–Crippen MR) is 77.5 cm³/mol. The molecule has 1 saturated heterocycles. The molecule has 0 saturated carbocycles. The highest BCUT2D eigenvalue weighted by atomic mass is 35.5. The second kappa shape index (κ2) is 5.17. The van der Waals surface area contributed by atoms with E-state index in [1.54, 1.807) is 17.4 Å². The Kier molecular flexibility index (Phi) is 3.57. The largest absolute Gasteiger partial charge is 0.309 e. The van der Waals surface area contributed by atoms with Gasteiger partial charge in [0.05, 0.1) is 11.7 Å². The minimum Gasteiger partial charge on any atom is -0.309 e. The number of nitrogens with zero attached hydrogens (tertiary/aromatic N) is 1. The van der Waals surface area contributed by atoms with Crippen molar-refractivity contribution >= 4 is 34.5 Å². The first-order valence-corrected chi connectivity index (χ1v) is 7.51. The van der Waals surface area contributed by atoms with Gasteiger partial charge >= 0.3 is 0 Å². The summed E-state index contributed by atoms with van der Waals surface area (Å²) in [6.45, 7) is 1.08. The SMILES string of the molecule is Clc1cc(Cl)cc(-c2nc([C@@H]3CCCN3)cs2)c1. The van der Waals surface area contributed by atoms with Crippen molar-refractivity contribution in [1.82, 2.24) is 10.3 Å². The molecule has 94 valence electrons. The molecule has 2 aromatic rings. The van der Waals surface area contributed by atoms with E-state index in [0.29, 0.717) is 16.1 Å². The molecule has 0 spiro atoms. The lowest BCUT2D eigenvalue weighted by Gasteiger charge is -2.05. The molecule has 1 aliphatic rings. The highest BCUT2D eigenvalue weighted by molar-refractivity contribution is 7.13. The Morgan fingerprint density at radius 3 is 2.67 bits per heavy atom. The van der Waals surface area contributed by atoms with Crippen LogP contribution in [0.4, 0.5) is 0 Å². The van der Waals surface area contributed by atoms with Gasteiger partial charge in [-0.15, -0.1) is 11.3 Å². The zero-order chi connectivity index (χ0) is 12.5. The number of rotatable bonds is 2. The van der Waals surface area contributed by atoms with Crippen LogP contribution in [0.25, 0.3) is 10.6 Å². The first kappa shape index (κ1) is 12.4. The summed E-state index contributed by atoms with van der Waals surface area (Å²) in [5.41, 5.74) is 2.12. The van der Waals surface area contributed by atoms with Crippen molar-refractivity contribution in [1.29, 1.82) is 0 Å². The molecule has 1 aliphatic heterocycles. The van der Waals surface area contributed by atoms with Crippen molar-refractivity contribution in [2.45, 2.75) is 18.9 Å². The second-order valence-electron chi connectivity index (χ2n) is 4.38. The molecule has 5 heteroatoms. The summed E-state index contributed by atoms with van der Waals surface area (Å²) >= 11 is 13.7. The molecule has 0 aliphatic carbocycles. The van der Waals surface area contributed by atoms with Crippen molar-refractivity contribution < 1.29 is 0 Å². The number of benzene rings is 1. The van der Waals surface area contributed by atoms with Gasteiger partial charge < -0.3 is 5.32 Å². The maximum atomic E-state index is 6.01. The maximum Gasteiger partial charge on any atom is 0.123 e. The highest BCUT2D eigenvalue weighted by Crippen LogP contribution is 2.32. The summed E-state index contributed by atoms with van der Waals surface area (Å²) in [5.74, 6) is 0. The minimum atomic E-state index is 0.407. The smallest absolute Gasteiger partial charge is 0.123 e. The van der Waals surface area contributed by atoms with Gasteiger partial charge in [0.15, 0.2) is 0 Å². The summed E-state index contributed by atoms with van der Waals surface area (Å²) in [6.07, 6.45) is 2.39. The van der Waals surface area contributed by atoms with Crippen LogP contribution in [0.2, 0.25) is 10.0 Å². The van der Waals surface area contributed by atoms with E-state index in [-0.39, 0.29) is 0 Å². The quantitative estimate of drug-likeness (QED) is 0.880. The molecule has 18 heavy (non-hydrogen) atoms. The predicted octanol–water partition coefficient (Wildman–Crippen LogP) is 4.54. The molecule has 0 amide bonds. The molecule has 0 radical (unpaired) electrons. The molecule has 0 bridgehead atoms. The van der Waals surface area contributed by atoms with Gasteiger partial charge in [-0.2, -0.15) is 0 Å². The number of hydrogen-bond acceptors (Lipinski definition) is 3. The Labute approximate surface area is 120 Å². The fourth-order valence-electron chi connectivity index (χ4n) is 2.19. The number of thiazole rings is 1. The number of aromatic nitrogens is 1. The molecule has 0 unspecified atom stereocenters. The molecule has 2 nitrogen and oxygen atoms in total. The monoisotopic (exact) mass is 298 g/mol. The van der Waals surface area contributed by atoms with Crippen LogP contribution < -0.4 is 5.32 Å². The van der Waals surface area contributed by atoms with E-state index >= 15 is 0 Å². The Morgan fingerprint density at radius 2 is 2.00 bits per heavy atom. The van der Waals surface area contributed by atoms with Crippen LogP contribution in [0.1, 0.15) is 24.6 Å². The first-order valence-electron chi connectivity index (χ1n) is 5.87. The number of hydrogen-bond donors (Lipinski definition) is 1. The lowest BCUT2D eigenvalue weighted by Crippen LogP contribution is -2.12. The molecular formula is C13H12Cl2N2S. The summed E-state index contributed by atoms with van der Waals surface area (Å²) in [4.78, 5) is 4.68. The van der Waals surface area contributed by atoms with Gasteiger partial charge in [-0.3, -0.25) is 0 Å². The van der Waals surface area contributed by atoms with Crippen molar-refractivity contribution in [3.05, 3.63) is 39.3 Å². The van der Waals surface area contributed by atoms with E-state index < -0.39 is 0 Å². The van der Waals surface area contributed by atoms with Gasteiger partial charge in [0.25, 0.3) is 0 Å². The molecule has 2 heterocycles. The summed E-state index contributed by atoms with van der Waals surface area (Å²) in [5, 5.41) is 7.84. The van der Waals surface area contributed by atoms with E-state index in [4.69, 9.17) is 23.2 Å². The van der Waals surface area contributed by atoms with Crippen molar-refractivity contribution in [3.8, 4) is 10.6 Å². The minimum absolute atomic E-state index is 0.407. The van der Waals surface area contributed by atoms with Gasteiger partial charge in [0.1, 0.15) is 5.01 Å². The highest BCUT2D eigenvalue weighted by Gasteiger charge is 2.19. The normalized spacial score (nSPS) is 19.3. The van der Waals surface area contributed by atoms with Crippen molar-refractivity contribution in [3.63, 3.8) is 0 Å². The zero-order valence-electron chi connectivity index (χ0n) is 9.62. The molecule has 1 aromatic heterocycles. The standard InChI is InChI=1S/C13H12Cl2N2S/c14-9-4-8(5-10(15)6-9)13-17-12(7-18-13)11-2-1-3-16-11/h4-7,11,16H,1-3H2/t11-/m0/s1.